The fourth-order valence-electron chi connectivity index (χ4n) is 5.82. The molecule has 146 valence electrons. The van der Waals surface area contributed by atoms with Crippen molar-refractivity contribution in [3.8, 4) is 11.1 Å². The van der Waals surface area contributed by atoms with Gasteiger partial charge in [0, 0.05) is 5.41 Å². The van der Waals surface area contributed by atoms with Gasteiger partial charge < -0.3 is 0 Å². The second-order valence-corrected chi connectivity index (χ2v) is 9.40. The van der Waals surface area contributed by atoms with Gasteiger partial charge in [0.1, 0.15) is 0 Å². The van der Waals surface area contributed by atoms with E-state index in [2.05, 4.69) is 111 Å². The summed E-state index contributed by atoms with van der Waals surface area (Å²) in [6, 6.07) is 36.2. The molecule has 0 aromatic heterocycles. The molecule has 0 nitrogen and oxygen atoms in total. The van der Waals surface area contributed by atoms with Gasteiger partial charge in [-0.2, -0.15) is 0 Å². The van der Waals surface area contributed by atoms with E-state index in [1.165, 1.54) is 65.3 Å². The predicted octanol–water partition coefficient (Wildman–Crippen LogP) is 8.61. The predicted molar refractivity (Wildman–Crippen MR) is 134 cm³/mol. The highest BCUT2D eigenvalue weighted by Crippen LogP contribution is 2.51. The van der Waals surface area contributed by atoms with E-state index in [1.807, 2.05) is 0 Å². The first-order valence-electron chi connectivity index (χ1n) is 11.0. The van der Waals surface area contributed by atoms with Crippen LogP contribution in [-0.2, 0) is 5.41 Å². The van der Waals surface area contributed by atoms with Crippen molar-refractivity contribution >= 4 is 43.1 Å². The van der Waals surface area contributed by atoms with Gasteiger partial charge in [-0.3, -0.25) is 0 Å². The summed E-state index contributed by atoms with van der Waals surface area (Å²) in [5, 5.41) is 10.7. The fourth-order valence-corrected chi connectivity index (χ4v) is 5.82. The average molecular weight is 395 g/mol. The summed E-state index contributed by atoms with van der Waals surface area (Å²) >= 11 is 0. The largest absolute Gasteiger partial charge is 0.0616 e. The van der Waals surface area contributed by atoms with Crippen LogP contribution < -0.4 is 0 Å². The lowest BCUT2D eigenvalue weighted by Gasteiger charge is -2.36. The third-order valence-corrected chi connectivity index (χ3v) is 7.40. The first-order valence-corrected chi connectivity index (χ1v) is 11.0. The summed E-state index contributed by atoms with van der Waals surface area (Å²) < 4.78 is 0. The molecule has 0 saturated heterocycles. The number of hydrogen-bond acceptors (Lipinski definition) is 0. The quantitative estimate of drug-likeness (QED) is 0.226. The minimum atomic E-state index is -0.0637. The van der Waals surface area contributed by atoms with E-state index in [0.717, 1.165) is 0 Å². The molecule has 0 bridgehead atoms. The van der Waals surface area contributed by atoms with Gasteiger partial charge in [-0.25, -0.2) is 0 Å². The lowest BCUT2D eigenvalue weighted by Crippen LogP contribution is -2.23. The molecule has 0 aliphatic heterocycles. The third kappa shape index (κ3) is 2.15. The van der Waals surface area contributed by atoms with Crippen molar-refractivity contribution in [1.82, 2.24) is 0 Å². The van der Waals surface area contributed by atoms with Gasteiger partial charge in [0.05, 0.1) is 0 Å². The molecule has 0 amide bonds. The van der Waals surface area contributed by atoms with Crippen LogP contribution in [0.4, 0.5) is 0 Å². The monoisotopic (exact) mass is 394 g/mol. The summed E-state index contributed by atoms with van der Waals surface area (Å²) in [7, 11) is 0. The third-order valence-electron chi connectivity index (χ3n) is 7.40. The zero-order valence-electron chi connectivity index (χ0n) is 17.7. The Morgan fingerprint density at radius 3 is 1.90 bits per heavy atom. The minimum absolute atomic E-state index is 0.0637. The lowest BCUT2D eigenvalue weighted by molar-refractivity contribution is 0.647. The van der Waals surface area contributed by atoms with E-state index >= 15 is 0 Å². The first kappa shape index (κ1) is 17.1. The molecule has 0 saturated carbocycles. The van der Waals surface area contributed by atoms with Gasteiger partial charge in [0.25, 0.3) is 0 Å². The summed E-state index contributed by atoms with van der Waals surface area (Å²) in [5.41, 5.74) is 5.53. The highest BCUT2D eigenvalue weighted by molar-refractivity contribution is 6.17. The summed E-state index contributed by atoms with van der Waals surface area (Å²) in [6.45, 7) is 4.77. The Morgan fingerprint density at radius 2 is 1.06 bits per heavy atom. The Hall–Kier alpha value is -3.64. The molecule has 1 aliphatic rings. The maximum atomic E-state index is 2.45. The molecule has 0 atom stereocenters. The van der Waals surface area contributed by atoms with Crippen LogP contribution in [0.2, 0.25) is 0 Å². The van der Waals surface area contributed by atoms with E-state index in [1.54, 1.807) is 0 Å². The molecule has 7 rings (SSSR count). The topological polar surface area (TPSA) is 0 Å². The molecule has 6 aromatic carbocycles. The van der Waals surface area contributed by atoms with Crippen LogP contribution >= 0.6 is 0 Å². The van der Waals surface area contributed by atoms with Crippen LogP contribution in [0.25, 0.3) is 54.2 Å². The van der Waals surface area contributed by atoms with Gasteiger partial charge in [-0.1, -0.05) is 92.7 Å². The van der Waals surface area contributed by atoms with Gasteiger partial charge in [-0.15, -0.1) is 0 Å². The van der Waals surface area contributed by atoms with E-state index in [0.29, 0.717) is 0 Å². The van der Waals surface area contributed by atoms with Gasteiger partial charge >= 0.3 is 0 Å². The van der Waals surface area contributed by atoms with E-state index in [-0.39, 0.29) is 5.41 Å². The summed E-state index contributed by atoms with van der Waals surface area (Å²) in [5.74, 6) is 0. The van der Waals surface area contributed by atoms with E-state index < -0.39 is 0 Å². The van der Waals surface area contributed by atoms with Crippen molar-refractivity contribution in [2.45, 2.75) is 19.3 Å². The van der Waals surface area contributed by atoms with Crippen molar-refractivity contribution in [3.05, 3.63) is 108 Å². The average Bonchev–Trinajstić information content (AvgIpc) is 2.81. The maximum absolute atomic E-state index is 2.45. The van der Waals surface area contributed by atoms with E-state index in [4.69, 9.17) is 0 Å². The van der Waals surface area contributed by atoms with Crippen LogP contribution in [0.1, 0.15) is 25.0 Å². The highest BCUT2D eigenvalue weighted by Gasteiger charge is 2.34. The molecule has 0 spiro atoms. The second kappa shape index (κ2) is 5.74. The van der Waals surface area contributed by atoms with Crippen LogP contribution in [0.3, 0.4) is 0 Å². The molecule has 0 unspecified atom stereocenters. The Bertz CT molecular complexity index is 1700. The zero-order valence-corrected chi connectivity index (χ0v) is 17.7. The summed E-state index contributed by atoms with van der Waals surface area (Å²) in [6.07, 6.45) is 0. The Morgan fingerprint density at radius 1 is 0.452 bits per heavy atom. The number of rotatable bonds is 0. The standard InChI is InChI=1S/C31H22/c1-31(2)28-16-21-15-14-19-8-3-5-10-22(19)26(21)18-27(28)25-13-7-12-24-23-11-6-4-9-20(23)17-29(31)30(24)25/h3-18H,1-2H3. The van der Waals surface area contributed by atoms with Gasteiger partial charge in [0.2, 0.25) is 0 Å². The highest BCUT2D eigenvalue weighted by atomic mass is 14.4. The van der Waals surface area contributed by atoms with Crippen molar-refractivity contribution in [2.75, 3.05) is 0 Å². The molecule has 0 heteroatoms. The molecule has 1 aliphatic carbocycles. The maximum Gasteiger partial charge on any atom is 0.0159 e. The molecule has 0 heterocycles. The van der Waals surface area contributed by atoms with Crippen LogP contribution in [0.15, 0.2) is 97.1 Å². The van der Waals surface area contributed by atoms with Crippen LogP contribution in [0, 0.1) is 0 Å². The van der Waals surface area contributed by atoms with Crippen molar-refractivity contribution in [3.63, 3.8) is 0 Å². The molecular weight excluding hydrogens is 372 g/mol. The Balaban J connectivity index is 1.70. The van der Waals surface area contributed by atoms with E-state index in [9.17, 15) is 0 Å². The minimum Gasteiger partial charge on any atom is -0.0616 e. The summed E-state index contributed by atoms with van der Waals surface area (Å²) in [4.78, 5) is 0. The normalized spacial score (nSPS) is 14.4. The zero-order chi connectivity index (χ0) is 20.7. The van der Waals surface area contributed by atoms with Crippen LogP contribution in [0.5, 0.6) is 0 Å². The number of hydrogen-bond donors (Lipinski definition) is 0. The Labute approximate surface area is 181 Å². The SMILES string of the molecule is CC1(C)c2cc3ccc4ccccc4c3cc2-c2cccc3c2c1cc1ccccc13. The van der Waals surface area contributed by atoms with Crippen molar-refractivity contribution < 1.29 is 0 Å². The molecule has 6 aromatic rings. The van der Waals surface area contributed by atoms with Crippen LogP contribution in [-0.4, -0.2) is 0 Å². The Kier molecular flexibility index (Phi) is 3.16. The molecular formula is C31H22. The lowest BCUT2D eigenvalue weighted by atomic mass is 9.67. The number of fused-ring (bicyclic) bond motifs is 7. The van der Waals surface area contributed by atoms with Gasteiger partial charge in [0.15, 0.2) is 0 Å². The molecule has 0 radical (unpaired) electrons. The second-order valence-electron chi connectivity index (χ2n) is 9.40. The molecule has 0 N–H and O–H groups in total. The van der Waals surface area contributed by atoms with Crippen molar-refractivity contribution in [2.24, 2.45) is 0 Å². The van der Waals surface area contributed by atoms with Crippen molar-refractivity contribution in [1.29, 1.82) is 0 Å². The first-order chi connectivity index (χ1) is 15.1. The van der Waals surface area contributed by atoms with Gasteiger partial charge in [-0.05, 0) is 83.5 Å². The molecule has 0 fully saturated rings. The fraction of sp³-hybridized carbons (Fsp3) is 0.0968. The number of benzene rings is 6. The smallest absolute Gasteiger partial charge is 0.0159 e. The molecule has 31 heavy (non-hydrogen) atoms.